The normalized spacial score (nSPS) is 19.5. The lowest BCUT2D eigenvalue weighted by Gasteiger charge is -2.22. The van der Waals surface area contributed by atoms with Gasteiger partial charge in [0, 0.05) is 18.5 Å². The molecule has 0 atom stereocenters. The van der Waals surface area contributed by atoms with Crippen LogP contribution < -0.4 is 10.0 Å². The largest absolute Gasteiger partial charge is 0.353 e. The molecule has 1 aromatic carbocycles. The highest BCUT2D eigenvalue weighted by Gasteiger charge is 2.22. The van der Waals surface area contributed by atoms with E-state index in [1.807, 2.05) is 12.1 Å². The van der Waals surface area contributed by atoms with Gasteiger partial charge in [-0.2, -0.15) is 0 Å². The van der Waals surface area contributed by atoms with Crippen LogP contribution in [0.5, 0.6) is 0 Å². The van der Waals surface area contributed by atoms with E-state index in [1.54, 1.807) is 12.1 Å². The zero-order chi connectivity index (χ0) is 18.4. The second-order valence-corrected chi connectivity index (χ2v) is 9.36. The van der Waals surface area contributed by atoms with E-state index in [1.165, 1.54) is 19.3 Å². The molecule has 2 fully saturated rings. The molecule has 2 aliphatic rings. The number of benzene rings is 1. The quantitative estimate of drug-likeness (QED) is 0.764. The summed E-state index contributed by atoms with van der Waals surface area (Å²) in [5.41, 5.74) is 0.989. The zero-order valence-electron chi connectivity index (χ0n) is 15.4. The van der Waals surface area contributed by atoms with Gasteiger partial charge in [-0.05, 0) is 49.8 Å². The van der Waals surface area contributed by atoms with E-state index in [2.05, 4.69) is 10.0 Å². The number of amides is 1. The maximum Gasteiger partial charge on any atom is 0.240 e. The van der Waals surface area contributed by atoms with Crippen molar-refractivity contribution in [2.75, 3.05) is 0 Å². The number of rotatable bonds is 7. The van der Waals surface area contributed by atoms with Crippen molar-refractivity contribution < 1.29 is 13.2 Å². The van der Waals surface area contributed by atoms with Crippen LogP contribution in [0.25, 0.3) is 0 Å². The fourth-order valence-corrected chi connectivity index (χ4v) is 5.28. The molecule has 2 aliphatic carbocycles. The molecule has 0 heterocycles. The summed E-state index contributed by atoms with van der Waals surface area (Å²) >= 11 is 0. The highest BCUT2D eigenvalue weighted by atomic mass is 32.2. The van der Waals surface area contributed by atoms with Crippen molar-refractivity contribution in [2.24, 2.45) is 0 Å². The monoisotopic (exact) mass is 378 g/mol. The zero-order valence-corrected chi connectivity index (χ0v) is 16.2. The van der Waals surface area contributed by atoms with Crippen LogP contribution in [0.1, 0.15) is 69.8 Å². The number of nitrogens with one attached hydrogen (secondary N) is 2. The van der Waals surface area contributed by atoms with Crippen molar-refractivity contribution in [1.29, 1.82) is 0 Å². The first-order valence-electron chi connectivity index (χ1n) is 9.93. The number of hydrogen-bond acceptors (Lipinski definition) is 3. The number of hydrogen-bond donors (Lipinski definition) is 2. The smallest absolute Gasteiger partial charge is 0.240 e. The molecular formula is C20H30N2O3S. The minimum atomic E-state index is -3.45. The van der Waals surface area contributed by atoms with Gasteiger partial charge in [-0.3, -0.25) is 4.79 Å². The highest BCUT2D eigenvalue weighted by molar-refractivity contribution is 7.89. The Morgan fingerprint density at radius 2 is 1.46 bits per heavy atom. The summed E-state index contributed by atoms with van der Waals surface area (Å²) in [4.78, 5) is 12.3. The summed E-state index contributed by atoms with van der Waals surface area (Å²) in [5, 5.41) is 3.09. The second-order valence-electron chi connectivity index (χ2n) is 7.65. The predicted octanol–water partition coefficient (Wildman–Crippen LogP) is 3.29. The molecule has 144 valence electrons. The third kappa shape index (κ3) is 5.55. The first-order chi connectivity index (χ1) is 12.5. The average Bonchev–Trinajstić information content (AvgIpc) is 3.14. The fourth-order valence-electron chi connectivity index (χ4n) is 3.97. The molecule has 1 amide bonds. The molecule has 1 aromatic rings. The Morgan fingerprint density at radius 1 is 0.885 bits per heavy atom. The summed E-state index contributed by atoms with van der Waals surface area (Å²) in [5.74, 6) is 0.0903. The summed E-state index contributed by atoms with van der Waals surface area (Å²) < 4.78 is 27.8. The lowest BCUT2D eigenvalue weighted by Crippen LogP contribution is -2.36. The summed E-state index contributed by atoms with van der Waals surface area (Å²) in [7, 11) is -3.45. The van der Waals surface area contributed by atoms with E-state index in [0.717, 1.165) is 44.1 Å². The standard InChI is InChI=1S/C20H30N2O3S/c23-20(21-17-6-4-5-7-17)15-12-16-10-13-19(14-11-16)26(24,25)22-18-8-2-1-3-9-18/h10-11,13-14,17-18,22H,1-9,12,15H2,(H,21,23). The first kappa shape index (κ1) is 19.4. The van der Waals surface area contributed by atoms with Gasteiger partial charge in [0.2, 0.25) is 15.9 Å². The molecule has 6 heteroatoms. The number of carbonyl (C=O) groups is 1. The van der Waals surface area contributed by atoms with Crippen molar-refractivity contribution in [3.8, 4) is 0 Å². The van der Waals surface area contributed by atoms with Gasteiger partial charge < -0.3 is 5.32 Å². The van der Waals surface area contributed by atoms with Crippen LogP contribution in [-0.2, 0) is 21.2 Å². The Labute approximate surface area is 157 Å². The summed E-state index contributed by atoms with van der Waals surface area (Å²) in [6, 6.07) is 7.34. The van der Waals surface area contributed by atoms with Crippen LogP contribution in [0, 0.1) is 0 Å². The molecule has 0 radical (unpaired) electrons. The minimum absolute atomic E-state index is 0.0627. The number of carbonyl (C=O) groups excluding carboxylic acids is 1. The molecule has 0 aliphatic heterocycles. The minimum Gasteiger partial charge on any atom is -0.353 e. The fraction of sp³-hybridized carbons (Fsp3) is 0.650. The average molecular weight is 379 g/mol. The third-order valence-corrected chi connectivity index (χ3v) is 7.06. The molecule has 0 unspecified atom stereocenters. The summed E-state index contributed by atoms with van der Waals surface area (Å²) in [6.07, 6.45) is 10.9. The highest BCUT2D eigenvalue weighted by Crippen LogP contribution is 2.21. The Kier molecular flexibility index (Phi) is 6.70. The molecule has 3 rings (SSSR count). The van der Waals surface area contributed by atoms with E-state index in [0.29, 0.717) is 23.8 Å². The van der Waals surface area contributed by atoms with Crippen molar-refractivity contribution in [3.05, 3.63) is 29.8 Å². The van der Waals surface area contributed by atoms with E-state index in [9.17, 15) is 13.2 Å². The van der Waals surface area contributed by atoms with Gasteiger partial charge in [0.1, 0.15) is 0 Å². The Balaban J connectivity index is 1.49. The summed E-state index contributed by atoms with van der Waals surface area (Å²) in [6.45, 7) is 0. The van der Waals surface area contributed by atoms with Crippen LogP contribution in [0.15, 0.2) is 29.2 Å². The molecule has 0 bridgehead atoms. The molecule has 0 saturated heterocycles. The maximum absolute atomic E-state index is 12.5. The maximum atomic E-state index is 12.5. The van der Waals surface area contributed by atoms with Crippen LogP contribution in [0.4, 0.5) is 0 Å². The van der Waals surface area contributed by atoms with Gasteiger partial charge in [0.05, 0.1) is 4.90 Å². The molecule has 2 saturated carbocycles. The van der Waals surface area contributed by atoms with Crippen molar-refractivity contribution in [1.82, 2.24) is 10.0 Å². The molecule has 0 spiro atoms. The van der Waals surface area contributed by atoms with Gasteiger partial charge in [-0.15, -0.1) is 0 Å². The van der Waals surface area contributed by atoms with Crippen LogP contribution in [0.2, 0.25) is 0 Å². The Morgan fingerprint density at radius 3 is 2.12 bits per heavy atom. The molecule has 2 N–H and O–H groups in total. The second kappa shape index (κ2) is 9.00. The Hall–Kier alpha value is -1.40. The topological polar surface area (TPSA) is 75.3 Å². The molecule has 26 heavy (non-hydrogen) atoms. The van der Waals surface area contributed by atoms with E-state index < -0.39 is 10.0 Å². The van der Waals surface area contributed by atoms with Gasteiger partial charge in [-0.25, -0.2) is 13.1 Å². The van der Waals surface area contributed by atoms with E-state index in [-0.39, 0.29) is 11.9 Å². The van der Waals surface area contributed by atoms with Gasteiger partial charge in [-0.1, -0.05) is 44.2 Å². The lowest BCUT2D eigenvalue weighted by molar-refractivity contribution is -0.121. The lowest BCUT2D eigenvalue weighted by atomic mass is 9.96. The van der Waals surface area contributed by atoms with Gasteiger partial charge in [0.15, 0.2) is 0 Å². The van der Waals surface area contributed by atoms with Crippen LogP contribution in [0.3, 0.4) is 0 Å². The van der Waals surface area contributed by atoms with Crippen LogP contribution in [-0.4, -0.2) is 26.4 Å². The van der Waals surface area contributed by atoms with Gasteiger partial charge >= 0.3 is 0 Å². The Bertz CT molecular complexity index is 688. The van der Waals surface area contributed by atoms with Crippen molar-refractivity contribution in [2.45, 2.75) is 87.6 Å². The number of sulfonamides is 1. The molecule has 0 aromatic heterocycles. The van der Waals surface area contributed by atoms with E-state index >= 15 is 0 Å². The molecule has 5 nitrogen and oxygen atoms in total. The third-order valence-electron chi connectivity index (χ3n) is 5.52. The van der Waals surface area contributed by atoms with Gasteiger partial charge in [0.25, 0.3) is 0 Å². The van der Waals surface area contributed by atoms with Crippen molar-refractivity contribution >= 4 is 15.9 Å². The molecular weight excluding hydrogens is 348 g/mol. The first-order valence-corrected chi connectivity index (χ1v) is 11.4. The SMILES string of the molecule is O=C(CCc1ccc(S(=O)(=O)NC2CCCCC2)cc1)NC1CCCC1. The van der Waals surface area contributed by atoms with E-state index in [4.69, 9.17) is 0 Å². The van der Waals surface area contributed by atoms with Crippen LogP contribution >= 0.6 is 0 Å². The number of aryl methyl sites for hydroxylation is 1. The van der Waals surface area contributed by atoms with Crippen molar-refractivity contribution in [3.63, 3.8) is 0 Å². The predicted molar refractivity (Wildman–Crippen MR) is 102 cm³/mol.